The van der Waals surface area contributed by atoms with Gasteiger partial charge in [-0.25, -0.2) is 9.97 Å². The van der Waals surface area contributed by atoms with Crippen molar-refractivity contribution in [2.45, 2.75) is 38.1 Å². The predicted octanol–water partition coefficient (Wildman–Crippen LogP) is 4.91. The molecule has 5 rings (SSSR count). The number of hydrogen-bond acceptors (Lipinski definition) is 5. The molecule has 8 heteroatoms. The molecule has 37 heavy (non-hydrogen) atoms. The third-order valence-corrected chi connectivity index (χ3v) is 6.41. The van der Waals surface area contributed by atoms with E-state index in [1.165, 1.54) is 0 Å². The Balaban J connectivity index is 1.43. The Labute approximate surface area is 213 Å². The van der Waals surface area contributed by atoms with E-state index in [1.807, 2.05) is 54.6 Å². The fourth-order valence-corrected chi connectivity index (χ4v) is 4.58. The van der Waals surface area contributed by atoms with Gasteiger partial charge in [0.05, 0.1) is 34.9 Å². The number of carbonyl (C=O) groups excluding carboxylic acids is 2. The van der Waals surface area contributed by atoms with Crippen LogP contribution in [-0.4, -0.2) is 32.9 Å². The van der Waals surface area contributed by atoms with E-state index in [4.69, 9.17) is 15.1 Å². The van der Waals surface area contributed by atoms with Crippen LogP contribution in [0.3, 0.4) is 0 Å². The molecule has 1 atom stereocenters. The smallest absolute Gasteiger partial charge is 0.303 e. The molecular formula is C29H26N4O4. The van der Waals surface area contributed by atoms with Crippen molar-refractivity contribution in [1.29, 1.82) is 0 Å². The van der Waals surface area contributed by atoms with Gasteiger partial charge in [0.25, 0.3) is 5.91 Å². The summed E-state index contributed by atoms with van der Waals surface area (Å²) in [5.41, 5.74) is 5.69. The molecule has 1 aliphatic heterocycles. The Morgan fingerprint density at radius 3 is 2.54 bits per heavy atom. The highest BCUT2D eigenvalue weighted by atomic mass is 16.4. The molecule has 186 valence electrons. The molecule has 3 N–H and O–H groups in total. The van der Waals surface area contributed by atoms with Gasteiger partial charge in [-0.1, -0.05) is 48.5 Å². The second-order valence-corrected chi connectivity index (χ2v) is 9.05. The first-order valence-corrected chi connectivity index (χ1v) is 12.3. The summed E-state index contributed by atoms with van der Waals surface area (Å²) in [5, 5.41) is 14.8. The number of carbonyl (C=O) groups is 3. The van der Waals surface area contributed by atoms with E-state index >= 15 is 0 Å². The van der Waals surface area contributed by atoms with Crippen LogP contribution in [0.1, 0.15) is 53.3 Å². The molecule has 0 spiro atoms. The maximum atomic E-state index is 13.2. The molecule has 3 aromatic carbocycles. The van der Waals surface area contributed by atoms with E-state index in [1.54, 1.807) is 18.2 Å². The zero-order valence-corrected chi connectivity index (χ0v) is 20.1. The van der Waals surface area contributed by atoms with Gasteiger partial charge in [-0.3, -0.25) is 14.4 Å². The van der Waals surface area contributed by atoms with Crippen molar-refractivity contribution in [3.8, 4) is 11.3 Å². The molecule has 1 aromatic heterocycles. The van der Waals surface area contributed by atoms with Gasteiger partial charge in [-0.2, -0.15) is 0 Å². The molecule has 0 aliphatic carbocycles. The number of benzene rings is 3. The van der Waals surface area contributed by atoms with E-state index in [0.29, 0.717) is 41.5 Å². The van der Waals surface area contributed by atoms with E-state index in [-0.39, 0.29) is 24.7 Å². The standard InChI is InChI=1S/C29H26N4O4/c34-26-17-24(20-10-4-5-11-21(20)31-26)33-29(37)19-14-15-22-25(16-19)30-23(12-6-7-13-27(35)36)28(32-22)18-8-2-1-3-9-18/h1-5,8-11,14-16,24H,6-7,12-13,17H2,(H,31,34)(H,33,37)(H,35,36)/t24-/m0/s1. The van der Waals surface area contributed by atoms with Crippen LogP contribution >= 0.6 is 0 Å². The normalized spacial score (nSPS) is 14.6. The highest BCUT2D eigenvalue weighted by Gasteiger charge is 2.26. The number of carboxylic acids is 1. The van der Waals surface area contributed by atoms with Gasteiger partial charge < -0.3 is 15.7 Å². The summed E-state index contributed by atoms with van der Waals surface area (Å²) < 4.78 is 0. The summed E-state index contributed by atoms with van der Waals surface area (Å²) in [4.78, 5) is 45.9. The first-order valence-electron chi connectivity index (χ1n) is 12.3. The van der Waals surface area contributed by atoms with Crippen LogP contribution in [0, 0.1) is 0 Å². The summed E-state index contributed by atoms with van der Waals surface area (Å²) in [6.45, 7) is 0. The van der Waals surface area contributed by atoms with Crippen molar-refractivity contribution in [2.24, 2.45) is 0 Å². The molecule has 0 saturated heterocycles. The summed E-state index contributed by atoms with van der Waals surface area (Å²) in [6, 6.07) is 22.0. The lowest BCUT2D eigenvalue weighted by atomic mass is 9.97. The van der Waals surface area contributed by atoms with Crippen molar-refractivity contribution in [1.82, 2.24) is 15.3 Å². The Kier molecular flexibility index (Phi) is 6.89. The SMILES string of the molecule is O=C(O)CCCCc1nc2cc(C(=O)N[C@H]3CC(=O)Nc4ccccc43)ccc2nc1-c1ccccc1. The van der Waals surface area contributed by atoms with Crippen LogP contribution in [0.4, 0.5) is 5.69 Å². The monoisotopic (exact) mass is 494 g/mol. The number of hydrogen-bond donors (Lipinski definition) is 3. The van der Waals surface area contributed by atoms with Crippen LogP contribution in [0.2, 0.25) is 0 Å². The zero-order chi connectivity index (χ0) is 25.8. The molecule has 0 bridgehead atoms. The number of anilines is 1. The topological polar surface area (TPSA) is 121 Å². The number of carboxylic acid groups (broad SMARTS) is 1. The minimum atomic E-state index is -0.818. The lowest BCUT2D eigenvalue weighted by molar-refractivity contribution is -0.137. The molecule has 0 unspecified atom stereocenters. The molecule has 2 amide bonds. The molecule has 0 radical (unpaired) electrons. The quantitative estimate of drug-likeness (QED) is 0.299. The summed E-state index contributed by atoms with van der Waals surface area (Å²) >= 11 is 0. The summed E-state index contributed by atoms with van der Waals surface area (Å²) in [7, 11) is 0. The zero-order valence-electron chi connectivity index (χ0n) is 20.1. The van der Waals surface area contributed by atoms with Crippen molar-refractivity contribution in [3.05, 3.63) is 89.6 Å². The predicted molar refractivity (Wildman–Crippen MR) is 140 cm³/mol. The minimum absolute atomic E-state index is 0.105. The fourth-order valence-electron chi connectivity index (χ4n) is 4.58. The summed E-state index contributed by atoms with van der Waals surface area (Å²) in [6.07, 6.45) is 2.05. The molecule has 0 saturated carbocycles. The van der Waals surface area contributed by atoms with Crippen LogP contribution in [-0.2, 0) is 16.0 Å². The van der Waals surface area contributed by atoms with E-state index < -0.39 is 12.0 Å². The number of nitrogens with one attached hydrogen (secondary N) is 2. The van der Waals surface area contributed by atoms with E-state index in [0.717, 1.165) is 22.5 Å². The largest absolute Gasteiger partial charge is 0.481 e. The lowest BCUT2D eigenvalue weighted by Gasteiger charge is -2.26. The van der Waals surface area contributed by atoms with E-state index in [2.05, 4.69) is 10.6 Å². The number of aliphatic carboxylic acids is 1. The maximum absolute atomic E-state index is 13.2. The van der Waals surface area contributed by atoms with Crippen LogP contribution in [0.5, 0.6) is 0 Å². The first kappa shape index (κ1) is 24.1. The minimum Gasteiger partial charge on any atom is -0.481 e. The van der Waals surface area contributed by atoms with Gasteiger partial charge in [0, 0.05) is 23.2 Å². The second-order valence-electron chi connectivity index (χ2n) is 9.05. The molecular weight excluding hydrogens is 468 g/mol. The number of para-hydroxylation sites is 1. The average Bonchev–Trinajstić information content (AvgIpc) is 2.90. The number of amides is 2. The average molecular weight is 495 g/mol. The van der Waals surface area contributed by atoms with Crippen molar-refractivity contribution in [3.63, 3.8) is 0 Å². The van der Waals surface area contributed by atoms with Crippen LogP contribution in [0.25, 0.3) is 22.3 Å². The Morgan fingerprint density at radius 2 is 1.73 bits per heavy atom. The Hall–Kier alpha value is -4.59. The van der Waals surface area contributed by atoms with Gasteiger partial charge in [0.15, 0.2) is 0 Å². The number of rotatable bonds is 8. The molecule has 1 aliphatic rings. The number of unbranched alkanes of at least 4 members (excludes halogenated alkanes) is 1. The molecule has 8 nitrogen and oxygen atoms in total. The second kappa shape index (κ2) is 10.6. The summed E-state index contributed by atoms with van der Waals surface area (Å²) in [5.74, 6) is -1.26. The number of aromatic nitrogens is 2. The third kappa shape index (κ3) is 5.48. The van der Waals surface area contributed by atoms with Crippen molar-refractivity contribution >= 4 is 34.5 Å². The van der Waals surface area contributed by atoms with Crippen LogP contribution in [0.15, 0.2) is 72.8 Å². The molecule has 0 fully saturated rings. The van der Waals surface area contributed by atoms with Crippen molar-refractivity contribution in [2.75, 3.05) is 5.32 Å². The number of aryl methyl sites for hydroxylation is 1. The highest BCUT2D eigenvalue weighted by molar-refractivity contribution is 5.99. The van der Waals surface area contributed by atoms with Crippen molar-refractivity contribution < 1.29 is 19.5 Å². The lowest BCUT2D eigenvalue weighted by Crippen LogP contribution is -2.35. The van der Waals surface area contributed by atoms with Gasteiger partial charge in [-0.05, 0) is 49.1 Å². The number of fused-ring (bicyclic) bond motifs is 2. The van der Waals surface area contributed by atoms with Crippen LogP contribution < -0.4 is 10.6 Å². The maximum Gasteiger partial charge on any atom is 0.303 e. The Morgan fingerprint density at radius 1 is 0.946 bits per heavy atom. The molecule has 2 heterocycles. The Bertz CT molecular complexity index is 1490. The third-order valence-electron chi connectivity index (χ3n) is 6.41. The first-order chi connectivity index (χ1) is 18.0. The van der Waals surface area contributed by atoms with E-state index in [9.17, 15) is 14.4 Å². The van der Waals surface area contributed by atoms with Gasteiger partial charge >= 0.3 is 5.97 Å². The van der Waals surface area contributed by atoms with Gasteiger partial charge in [-0.15, -0.1) is 0 Å². The number of nitrogens with zero attached hydrogens (tertiary/aromatic N) is 2. The van der Waals surface area contributed by atoms with Gasteiger partial charge in [0.1, 0.15) is 0 Å². The van der Waals surface area contributed by atoms with Gasteiger partial charge in [0.2, 0.25) is 5.91 Å². The fraction of sp³-hybridized carbons (Fsp3) is 0.207. The highest BCUT2D eigenvalue weighted by Crippen LogP contribution is 2.30. The molecule has 4 aromatic rings.